The molecule has 0 aromatic heterocycles. The molecule has 0 spiro atoms. The number of phenolic OH excluding ortho intramolecular Hbond substituents is 1. The molecule has 192 valence electrons. The molecule has 2 heterocycles. The van der Waals surface area contributed by atoms with Crippen LogP contribution in [-0.2, 0) is 16.1 Å². The lowest BCUT2D eigenvalue weighted by Crippen LogP contribution is -2.40. The molecule has 3 aromatic rings. The van der Waals surface area contributed by atoms with Gasteiger partial charge in [0.15, 0.2) is 23.0 Å². The van der Waals surface area contributed by atoms with Crippen molar-refractivity contribution in [2.24, 2.45) is 11.8 Å². The van der Waals surface area contributed by atoms with Gasteiger partial charge < -0.3 is 39.8 Å². The molecule has 9 nitrogen and oxygen atoms in total. The Balaban J connectivity index is 1.49. The average molecular weight is 505 g/mol. The van der Waals surface area contributed by atoms with Crippen molar-refractivity contribution in [3.05, 3.63) is 70.8 Å². The molecule has 1 fully saturated rings. The summed E-state index contributed by atoms with van der Waals surface area (Å²) in [5.74, 6) is 0.477. The molecule has 3 aliphatic rings. The summed E-state index contributed by atoms with van der Waals surface area (Å²) in [4.78, 5) is 13.2. The summed E-state index contributed by atoms with van der Waals surface area (Å²) in [5, 5.41) is 14.2. The van der Waals surface area contributed by atoms with Crippen molar-refractivity contribution in [2.75, 3.05) is 33.4 Å². The highest BCUT2D eigenvalue weighted by atomic mass is 16.7. The number of carbonyl (C=O) groups is 1. The number of esters is 1. The van der Waals surface area contributed by atoms with Crippen molar-refractivity contribution in [3.63, 3.8) is 0 Å². The van der Waals surface area contributed by atoms with Crippen LogP contribution in [0, 0.1) is 11.8 Å². The van der Waals surface area contributed by atoms with Crippen molar-refractivity contribution in [2.45, 2.75) is 18.5 Å². The van der Waals surface area contributed by atoms with Gasteiger partial charge in [-0.15, -0.1) is 0 Å². The predicted molar refractivity (Wildman–Crippen MR) is 134 cm³/mol. The number of rotatable bonds is 6. The Morgan fingerprint density at radius 2 is 1.70 bits per heavy atom. The van der Waals surface area contributed by atoms with Gasteiger partial charge in [0.25, 0.3) is 0 Å². The topological polar surface area (TPSA) is 122 Å². The summed E-state index contributed by atoms with van der Waals surface area (Å²) in [5.41, 5.74) is 10.4. The third kappa shape index (κ3) is 3.86. The molecule has 6 rings (SSSR count). The standard InChI is InChI=1S/C28H28N2O7/c1-33-22-7-15(8-23(34-2)27(22)31)24-17-9-20-21(37-13-36-20)10-18(17)26(19-12-35-28(32)25(19)24)30-11-14-4-3-5-16(29)6-14/h3-10,19,24-26,30-31H,11-13,29H2,1-2H3/t19-,24+,25-,26+/m0/s1. The van der Waals surface area contributed by atoms with Crippen molar-refractivity contribution in [1.29, 1.82) is 0 Å². The van der Waals surface area contributed by atoms with E-state index in [-0.39, 0.29) is 54.5 Å². The highest BCUT2D eigenvalue weighted by Gasteiger charge is 2.52. The summed E-state index contributed by atoms with van der Waals surface area (Å²) < 4.78 is 27.9. The van der Waals surface area contributed by atoms with Crippen LogP contribution in [0.25, 0.3) is 0 Å². The van der Waals surface area contributed by atoms with Gasteiger partial charge in [0.2, 0.25) is 12.5 Å². The summed E-state index contributed by atoms with van der Waals surface area (Å²) in [6, 6.07) is 15.0. The van der Waals surface area contributed by atoms with Crippen LogP contribution in [0.3, 0.4) is 0 Å². The SMILES string of the molecule is COc1cc([C@@H]2c3cc4c(cc3[C@@H](NCc3cccc(N)c3)[C@H]3COC(=O)[C@H]23)OCO4)cc(OC)c1O. The second kappa shape index (κ2) is 9.08. The smallest absolute Gasteiger partial charge is 0.310 e. The Labute approximate surface area is 214 Å². The molecule has 0 amide bonds. The Kier molecular flexibility index (Phi) is 5.72. The number of cyclic esters (lactones) is 1. The Bertz CT molecular complexity index is 1350. The summed E-state index contributed by atoms with van der Waals surface area (Å²) in [7, 11) is 2.96. The van der Waals surface area contributed by atoms with E-state index in [2.05, 4.69) is 5.32 Å². The van der Waals surface area contributed by atoms with Gasteiger partial charge in [0.05, 0.1) is 26.7 Å². The maximum Gasteiger partial charge on any atom is 0.310 e. The fourth-order valence-corrected chi connectivity index (χ4v) is 5.85. The zero-order chi connectivity index (χ0) is 25.7. The minimum absolute atomic E-state index is 0.0947. The molecule has 37 heavy (non-hydrogen) atoms. The first-order valence-corrected chi connectivity index (χ1v) is 12.1. The lowest BCUT2D eigenvalue weighted by Gasteiger charge is -2.39. The number of fused-ring (bicyclic) bond motifs is 3. The second-order valence-electron chi connectivity index (χ2n) is 9.51. The van der Waals surface area contributed by atoms with E-state index in [1.165, 1.54) is 14.2 Å². The fourth-order valence-electron chi connectivity index (χ4n) is 5.85. The number of benzene rings is 3. The maximum absolute atomic E-state index is 13.2. The van der Waals surface area contributed by atoms with Crippen LogP contribution >= 0.6 is 0 Å². The second-order valence-corrected chi connectivity index (χ2v) is 9.51. The van der Waals surface area contributed by atoms with Crippen LogP contribution in [0.15, 0.2) is 48.5 Å². The molecule has 0 radical (unpaired) electrons. The lowest BCUT2D eigenvalue weighted by atomic mass is 9.65. The number of nitrogens with one attached hydrogen (secondary N) is 1. The number of aromatic hydroxyl groups is 1. The molecule has 1 aliphatic carbocycles. The summed E-state index contributed by atoms with van der Waals surface area (Å²) >= 11 is 0. The van der Waals surface area contributed by atoms with Crippen LogP contribution in [-0.4, -0.2) is 38.7 Å². The number of nitrogen functional groups attached to an aromatic ring is 1. The van der Waals surface area contributed by atoms with Gasteiger partial charge in [0.1, 0.15) is 0 Å². The zero-order valence-electron chi connectivity index (χ0n) is 20.5. The van der Waals surface area contributed by atoms with E-state index < -0.39 is 5.92 Å². The maximum atomic E-state index is 13.2. The van der Waals surface area contributed by atoms with E-state index in [4.69, 9.17) is 29.4 Å². The first-order valence-electron chi connectivity index (χ1n) is 12.1. The largest absolute Gasteiger partial charge is 0.502 e. The van der Waals surface area contributed by atoms with E-state index in [9.17, 15) is 9.90 Å². The van der Waals surface area contributed by atoms with Crippen LogP contribution < -0.4 is 30.0 Å². The number of hydrogen-bond acceptors (Lipinski definition) is 9. The van der Waals surface area contributed by atoms with Crippen LogP contribution in [0.2, 0.25) is 0 Å². The van der Waals surface area contributed by atoms with Crippen LogP contribution in [0.4, 0.5) is 5.69 Å². The van der Waals surface area contributed by atoms with Crippen molar-refractivity contribution >= 4 is 11.7 Å². The van der Waals surface area contributed by atoms with Gasteiger partial charge in [-0.25, -0.2) is 0 Å². The van der Waals surface area contributed by atoms with Gasteiger partial charge >= 0.3 is 5.97 Å². The van der Waals surface area contributed by atoms with E-state index >= 15 is 0 Å². The normalized spacial score (nSPS) is 23.2. The molecule has 3 aromatic carbocycles. The Morgan fingerprint density at radius 3 is 2.38 bits per heavy atom. The zero-order valence-corrected chi connectivity index (χ0v) is 20.5. The lowest BCUT2D eigenvalue weighted by molar-refractivity contribution is -0.141. The van der Waals surface area contributed by atoms with E-state index in [0.29, 0.717) is 23.7 Å². The third-order valence-corrected chi connectivity index (χ3v) is 7.53. The molecule has 1 saturated heterocycles. The molecular weight excluding hydrogens is 476 g/mol. The number of ether oxygens (including phenoxy) is 5. The molecule has 2 aliphatic heterocycles. The first kappa shape index (κ1) is 23.3. The van der Waals surface area contributed by atoms with Crippen molar-refractivity contribution < 1.29 is 33.6 Å². The van der Waals surface area contributed by atoms with Gasteiger partial charge in [-0.05, 0) is 58.7 Å². The number of carbonyl (C=O) groups excluding carboxylic acids is 1. The van der Waals surface area contributed by atoms with E-state index in [1.54, 1.807) is 12.1 Å². The molecule has 0 unspecified atom stereocenters. The minimum atomic E-state index is -0.467. The minimum Gasteiger partial charge on any atom is -0.502 e. The highest BCUT2D eigenvalue weighted by molar-refractivity contribution is 5.79. The summed E-state index contributed by atoms with van der Waals surface area (Å²) in [6.07, 6.45) is 0. The number of nitrogens with two attached hydrogens (primary N) is 1. The number of phenols is 1. The number of methoxy groups -OCH3 is 2. The molecule has 0 saturated carbocycles. The quantitative estimate of drug-likeness (QED) is 0.342. The van der Waals surface area contributed by atoms with Crippen LogP contribution in [0.5, 0.6) is 28.7 Å². The van der Waals surface area contributed by atoms with Crippen LogP contribution in [0.1, 0.15) is 34.2 Å². The highest BCUT2D eigenvalue weighted by Crippen LogP contribution is 2.55. The Hall–Kier alpha value is -4.11. The molecular formula is C28H28N2O7. The van der Waals surface area contributed by atoms with Gasteiger partial charge in [0, 0.05) is 30.1 Å². The van der Waals surface area contributed by atoms with Gasteiger partial charge in [-0.3, -0.25) is 4.79 Å². The molecule has 9 heteroatoms. The van der Waals surface area contributed by atoms with Gasteiger partial charge in [-0.2, -0.15) is 0 Å². The van der Waals surface area contributed by atoms with Gasteiger partial charge in [-0.1, -0.05) is 12.1 Å². The Morgan fingerprint density at radius 1 is 1.00 bits per heavy atom. The number of hydrogen-bond donors (Lipinski definition) is 3. The average Bonchev–Trinajstić information content (AvgIpc) is 3.52. The fraction of sp³-hybridized carbons (Fsp3) is 0.321. The molecule has 4 atom stereocenters. The predicted octanol–water partition coefficient (Wildman–Crippen LogP) is 3.49. The number of anilines is 1. The monoisotopic (exact) mass is 504 g/mol. The molecule has 4 N–H and O–H groups in total. The van der Waals surface area contributed by atoms with Crippen molar-refractivity contribution in [3.8, 4) is 28.7 Å². The molecule has 0 bridgehead atoms. The van der Waals surface area contributed by atoms with E-state index in [1.807, 2.05) is 36.4 Å². The first-order chi connectivity index (χ1) is 18.0. The van der Waals surface area contributed by atoms with Crippen molar-refractivity contribution in [1.82, 2.24) is 5.32 Å². The summed E-state index contributed by atoms with van der Waals surface area (Å²) in [6.45, 7) is 0.987. The third-order valence-electron chi connectivity index (χ3n) is 7.53. The van der Waals surface area contributed by atoms with E-state index in [0.717, 1.165) is 22.3 Å².